The first-order valence-electron chi connectivity index (χ1n) is 7.10. The topological polar surface area (TPSA) is 65.9 Å². The van der Waals surface area contributed by atoms with Crippen LogP contribution in [0.5, 0.6) is 0 Å². The molecule has 1 aliphatic heterocycles. The van der Waals surface area contributed by atoms with Crippen LogP contribution in [0.3, 0.4) is 0 Å². The molecule has 4 rings (SSSR count). The molecule has 1 unspecified atom stereocenters. The van der Waals surface area contributed by atoms with Gasteiger partial charge in [0.1, 0.15) is 0 Å². The van der Waals surface area contributed by atoms with Crippen LogP contribution < -0.4 is 16.4 Å². The Morgan fingerprint density at radius 1 is 1.40 bits per heavy atom. The van der Waals surface area contributed by atoms with Crippen LogP contribution in [0.4, 0.5) is 0 Å². The fourth-order valence-electron chi connectivity index (χ4n) is 3.85. The Morgan fingerprint density at radius 2 is 2.30 bits per heavy atom. The molecule has 2 aliphatic rings. The highest BCUT2D eigenvalue weighted by atomic mass is 32.1. The van der Waals surface area contributed by atoms with Gasteiger partial charge in [-0.1, -0.05) is 12.1 Å². The number of thiocarbonyl (C=S) groups is 1. The van der Waals surface area contributed by atoms with Crippen molar-refractivity contribution in [2.24, 2.45) is 5.73 Å². The number of H-pyrrole nitrogens is 1. The molecule has 4 nitrogen and oxygen atoms in total. The lowest BCUT2D eigenvalue weighted by Gasteiger charge is -2.40. The van der Waals surface area contributed by atoms with Crippen molar-refractivity contribution >= 4 is 28.2 Å². The standard InChI is InChI=1S/C15H18N4S/c16-15(20)19-9-5-11-10-2-1-3-12-14(10)8(6-17-12)4-13(11)18-7-9/h1-3,6,9,11,13,17-18H,4-5,7H2,(H3,16,19,20)/t9?,11-,13-/m1/s1. The maximum absolute atomic E-state index is 5.62. The van der Waals surface area contributed by atoms with E-state index in [0.29, 0.717) is 23.1 Å². The summed E-state index contributed by atoms with van der Waals surface area (Å²) in [7, 11) is 0. The van der Waals surface area contributed by atoms with Crippen molar-refractivity contribution in [3.63, 3.8) is 0 Å². The summed E-state index contributed by atoms with van der Waals surface area (Å²) in [5.74, 6) is 0.530. The van der Waals surface area contributed by atoms with E-state index in [1.165, 1.54) is 22.0 Å². The number of hydrogen-bond acceptors (Lipinski definition) is 2. The van der Waals surface area contributed by atoms with Gasteiger partial charge in [-0.15, -0.1) is 0 Å². The monoisotopic (exact) mass is 286 g/mol. The largest absolute Gasteiger partial charge is 0.376 e. The number of benzene rings is 1. The normalized spacial score (nSPS) is 28.1. The third kappa shape index (κ3) is 1.81. The second-order valence-electron chi connectivity index (χ2n) is 5.85. The van der Waals surface area contributed by atoms with Crippen molar-refractivity contribution in [1.82, 2.24) is 15.6 Å². The van der Waals surface area contributed by atoms with Gasteiger partial charge < -0.3 is 21.4 Å². The summed E-state index contributed by atoms with van der Waals surface area (Å²) < 4.78 is 0. The lowest BCUT2D eigenvalue weighted by atomic mass is 9.75. The number of nitrogens with one attached hydrogen (secondary N) is 3. The van der Waals surface area contributed by atoms with Crippen LogP contribution in [0.15, 0.2) is 24.4 Å². The van der Waals surface area contributed by atoms with Crippen molar-refractivity contribution in [3.8, 4) is 0 Å². The van der Waals surface area contributed by atoms with E-state index in [9.17, 15) is 0 Å². The van der Waals surface area contributed by atoms with E-state index in [0.717, 1.165) is 19.4 Å². The highest BCUT2D eigenvalue weighted by Crippen LogP contribution is 2.40. The molecular weight excluding hydrogens is 268 g/mol. The molecule has 5 N–H and O–H groups in total. The molecule has 104 valence electrons. The molecule has 1 aromatic carbocycles. The average Bonchev–Trinajstić information content (AvgIpc) is 2.84. The zero-order valence-electron chi connectivity index (χ0n) is 11.1. The molecule has 5 heteroatoms. The number of rotatable bonds is 1. The molecule has 1 aliphatic carbocycles. The van der Waals surface area contributed by atoms with Gasteiger partial charge in [-0.05, 0) is 42.3 Å². The number of fused-ring (bicyclic) bond motifs is 2. The van der Waals surface area contributed by atoms with Gasteiger partial charge in [0.2, 0.25) is 0 Å². The van der Waals surface area contributed by atoms with Crippen LogP contribution in [0.1, 0.15) is 23.5 Å². The summed E-state index contributed by atoms with van der Waals surface area (Å²) in [6.45, 7) is 0.925. The van der Waals surface area contributed by atoms with E-state index < -0.39 is 0 Å². The van der Waals surface area contributed by atoms with Crippen molar-refractivity contribution in [1.29, 1.82) is 0 Å². The first-order chi connectivity index (χ1) is 9.72. The Labute approximate surface area is 123 Å². The van der Waals surface area contributed by atoms with Gasteiger partial charge in [-0.3, -0.25) is 0 Å². The summed E-state index contributed by atoms with van der Waals surface area (Å²) in [6.07, 6.45) is 4.34. The van der Waals surface area contributed by atoms with Gasteiger partial charge in [-0.25, -0.2) is 0 Å². The zero-order chi connectivity index (χ0) is 13.7. The number of hydrogen-bond donors (Lipinski definition) is 4. The van der Waals surface area contributed by atoms with E-state index in [1.54, 1.807) is 0 Å². The maximum Gasteiger partial charge on any atom is 0.163 e. The molecule has 3 atom stereocenters. The van der Waals surface area contributed by atoms with Crippen LogP contribution in [0.2, 0.25) is 0 Å². The van der Waals surface area contributed by atoms with E-state index >= 15 is 0 Å². The van der Waals surface area contributed by atoms with Gasteiger partial charge in [0.15, 0.2) is 5.11 Å². The SMILES string of the molecule is NC(=S)NC1CN[C@@H]2Cc3c[nH]c4cccc(c34)[C@H]2C1. The molecule has 1 aromatic heterocycles. The first kappa shape index (κ1) is 12.2. The van der Waals surface area contributed by atoms with Crippen molar-refractivity contribution in [2.75, 3.05) is 6.54 Å². The molecule has 2 aromatic rings. The van der Waals surface area contributed by atoms with Crippen LogP contribution in [0.25, 0.3) is 10.9 Å². The smallest absolute Gasteiger partial charge is 0.163 e. The molecule has 0 saturated carbocycles. The molecule has 0 bridgehead atoms. The molecular formula is C15H18N4S. The third-order valence-electron chi connectivity index (χ3n) is 4.66. The minimum absolute atomic E-state index is 0.324. The van der Waals surface area contributed by atoms with Crippen LogP contribution in [-0.2, 0) is 6.42 Å². The Hall–Kier alpha value is -1.59. The number of aromatic nitrogens is 1. The van der Waals surface area contributed by atoms with E-state index in [1.807, 2.05) is 0 Å². The van der Waals surface area contributed by atoms with E-state index in [-0.39, 0.29) is 0 Å². The molecule has 0 amide bonds. The van der Waals surface area contributed by atoms with Gasteiger partial charge in [0.25, 0.3) is 0 Å². The third-order valence-corrected chi connectivity index (χ3v) is 4.77. The van der Waals surface area contributed by atoms with Gasteiger partial charge in [0.05, 0.1) is 0 Å². The summed E-state index contributed by atoms with van der Waals surface area (Å²) in [5.41, 5.74) is 9.76. The average molecular weight is 286 g/mol. The van der Waals surface area contributed by atoms with Crippen LogP contribution in [-0.4, -0.2) is 28.7 Å². The van der Waals surface area contributed by atoms with Crippen LogP contribution in [0, 0.1) is 0 Å². The fourth-order valence-corrected chi connectivity index (χ4v) is 4.02. The van der Waals surface area contributed by atoms with Crippen LogP contribution >= 0.6 is 12.2 Å². The van der Waals surface area contributed by atoms with Gasteiger partial charge >= 0.3 is 0 Å². The summed E-state index contributed by atoms with van der Waals surface area (Å²) >= 11 is 4.97. The predicted octanol–water partition coefficient (Wildman–Crippen LogP) is 1.37. The predicted molar refractivity (Wildman–Crippen MR) is 84.9 cm³/mol. The Bertz CT molecular complexity index is 678. The molecule has 0 radical (unpaired) electrons. The summed E-state index contributed by atoms with van der Waals surface area (Å²) in [5, 5.41) is 8.68. The molecule has 1 fully saturated rings. The highest BCUT2D eigenvalue weighted by Gasteiger charge is 2.36. The second-order valence-corrected chi connectivity index (χ2v) is 6.29. The Kier molecular flexibility index (Phi) is 2.72. The van der Waals surface area contributed by atoms with Crippen molar-refractivity contribution in [2.45, 2.75) is 30.8 Å². The summed E-state index contributed by atoms with van der Waals surface area (Å²) in [4.78, 5) is 3.39. The number of aromatic amines is 1. The zero-order valence-corrected chi connectivity index (χ0v) is 12.0. The Balaban J connectivity index is 1.73. The quantitative estimate of drug-likeness (QED) is 0.598. The second kappa shape index (κ2) is 4.46. The maximum atomic E-state index is 5.62. The van der Waals surface area contributed by atoms with Crippen molar-refractivity contribution < 1.29 is 0 Å². The minimum Gasteiger partial charge on any atom is -0.376 e. The number of piperidine rings is 1. The van der Waals surface area contributed by atoms with E-state index in [2.05, 4.69) is 40.0 Å². The lowest BCUT2D eigenvalue weighted by molar-refractivity contribution is 0.303. The van der Waals surface area contributed by atoms with Gasteiger partial charge in [-0.2, -0.15) is 0 Å². The lowest BCUT2D eigenvalue weighted by Crippen LogP contribution is -2.55. The summed E-state index contributed by atoms with van der Waals surface area (Å²) in [6, 6.07) is 7.41. The fraction of sp³-hybridized carbons (Fsp3) is 0.400. The Morgan fingerprint density at radius 3 is 3.15 bits per heavy atom. The molecule has 2 heterocycles. The molecule has 20 heavy (non-hydrogen) atoms. The van der Waals surface area contributed by atoms with Crippen molar-refractivity contribution in [3.05, 3.63) is 35.5 Å². The molecule has 1 saturated heterocycles. The molecule has 0 spiro atoms. The number of nitrogens with two attached hydrogens (primary N) is 1. The highest BCUT2D eigenvalue weighted by molar-refractivity contribution is 7.80. The minimum atomic E-state index is 0.324. The van der Waals surface area contributed by atoms with Gasteiger partial charge in [0, 0.05) is 41.6 Å². The first-order valence-corrected chi connectivity index (χ1v) is 7.51. The van der Waals surface area contributed by atoms with E-state index in [4.69, 9.17) is 18.0 Å².